The first-order valence-corrected chi connectivity index (χ1v) is 7.97. The molecule has 3 rings (SSSR count). The van der Waals surface area contributed by atoms with Crippen LogP contribution in [0.4, 0.5) is 5.69 Å². The van der Waals surface area contributed by atoms with E-state index < -0.39 is 18.5 Å². The van der Waals surface area contributed by atoms with E-state index in [9.17, 15) is 9.59 Å². The summed E-state index contributed by atoms with van der Waals surface area (Å²) in [6, 6.07) is 16.8. The number of nitrogens with zero attached hydrogens (tertiary/aromatic N) is 2. The van der Waals surface area contributed by atoms with Crippen LogP contribution in [0.5, 0.6) is 0 Å². The minimum atomic E-state index is -0.675. The van der Waals surface area contributed by atoms with Crippen molar-refractivity contribution in [3.63, 3.8) is 0 Å². The quantitative estimate of drug-likeness (QED) is 0.563. The van der Waals surface area contributed by atoms with Crippen LogP contribution in [0.2, 0.25) is 5.15 Å². The first-order chi connectivity index (χ1) is 12.6. The molecule has 0 aliphatic carbocycles. The number of ether oxygens (including phenoxy) is 1. The van der Waals surface area contributed by atoms with Gasteiger partial charge in [0.1, 0.15) is 5.15 Å². The van der Waals surface area contributed by atoms with E-state index in [1.54, 1.807) is 42.5 Å². The molecule has 0 unspecified atom stereocenters. The highest BCUT2D eigenvalue weighted by Gasteiger charge is 2.15. The Hall–Kier alpha value is -3.43. The maximum absolute atomic E-state index is 12.3. The minimum absolute atomic E-state index is 0.161. The molecule has 0 aliphatic heterocycles. The summed E-state index contributed by atoms with van der Waals surface area (Å²) in [6.45, 7) is -0.468. The van der Waals surface area contributed by atoms with E-state index in [1.165, 1.54) is 12.1 Å². The second-order valence-electron chi connectivity index (χ2n) is 5.33. The predicted octanol–water partition coefficient (Wildman–Crippen LogP) is 3.56. The highest BCUT2D eigenvalue weighted by molar-refractivity contribution is 6.30. The zero-order valence-electron chi connectivity index (χ0n) is 13.4. The third-order valence-electron chi connectivity index (χ3n) is 3.51. The molecule has 1 heterocycles. The second kappa shape index (κ2) is 7.64. The first kappa shape index (κ1) is 17.4. The minimum Gasteiger partial charge on any atom is -0.452 e. The highest BCUT2D eigenvalue weighted by Crippen LogP contribution is 2.21. The average molecular weight is 366 g/mol. The number of nitriles is 1. The van der Waals surface area contributed by atoms with Crippen molar-refractivity contribution in [1.82, 2.24) is 4.98 Å². The van der Waals surface area contributed by atoms with Gasteiger partial charge in [-0.05, 0) is 30.3 Å². The van der Waals surface area contributed by atoms with Crippen LogP contribution in [0, 0.1) is 11.3 Å². The number of fused-ring (bicyclic) bond motifs is 1. The molecule has 0 saturated heterocycles. The average Bonchev–Trinajstić information content (AvgIpc) is 2.65. The molecular weight excluding hydrogens is 354 g/mol. The molecule has 1 aromatic heterocycles. The summed E-state index contributed by atoms with van der Waals surface area (Å²) in [7, 11) is 0. The molecule has 0 fully saturated rings. The predicted molar refractivity (Wildman–Crippen MR) is 96.8 cm³/mol. The highest BCUT2D eigenvalue weighted by atomic mass is 35.5. The van der Waals surface area contributed by atoms with Crippen molar-refractivity contribution in [3.8, 4) is 6.07 Å². The van der Waals surface area contributed by atoms with Crippen LogP contribution in [-0.4, -0.2) is 23.5 Å². The van der Waals surface area contributed by atoms with Crippen LogP contribution in [0.1, 0.15) is 15.9 Å². The Kier molecular flexibility index (Phi) is 5.11. The number of nitrogens with one attached hydrogen (secondary N) is 1. The van der Waals surface area contributed by atoms with Crippen LogP contribution >= 0.6 is 11.6 Å². The number of rotatable bonds is 4. The molecule has 0 bridgehead atoms. The molecule has 7 heteroatoms. The Labute approximate surface area is 154 Å². The van der Waals surface area contributed by atoms with Gasteiger partial charge in [0.2, 0.25) is 0 Å². The number of benzene rings is 2. The van der Waals surface area contributed by atoms with E-state index in [0.717, 1.165) is 0 Å². The van der Waals surface area contributed by atoms with Crippen molar-refractivity contribution in [2.24, 2.45) is 0 Å². The summed E-state index contributed by atoms with van der Waals surface area (Å²) in [6.07, 6.45) is 0. The van der Waals surface area contributed by atoms with Crippen molar-refractivity contribution in [1.29, 1.82) is 5.26 Å². The maximum atomic E-state index is 12.3. The van der Waals surface area contributed by atoms with Crippen molar-refractivity contribution in [2.45, 2.75) is 0 Å². The zero-order chi connectivity index (χ0) is 18.5. The molecule has 0 saturated carbocycles. The second-order valence-corrected chi connectivity index (χ2v) is 5.71. The number of amides is 1. The fourth-order valence-electron chi connectivity index (χ4n) is 2.38. The van der Waals surface area contributed by atoms with E-state index >= 15 is 0 Å². The van der Waals surface area contributed by atoms with Gasteiger partial charge in [0, 0.05) is 11.1 Å². The van der Waals surface area contributed by atoms with Gasteiger partial charge in [0.15, 0.2) is 6.61 Å². The zero-order valence-corrected chi connectivity index (χ0v) is 14.2. The number of carbonyl (C=O) groups is 2. The summed E-state index contributed by atoms with van der Waals surface area (Å²) in [5.74, 6) is -1.19. The number of para-hydroxylation sites is 1. The van der Waals surface area contributed by atoms with Gasteiger partial charge in [0.05, 0.1) is 22.7 Å². The van der Waals surface area contributed by atoms with Crippen molar-refractivity contribution >= 4 is 40.1 Å². The molecule has 3 aromatic rings. The number of carbonyl (C=O) groups excluding carboxylic acids is 2. The number of aromatic nitrogens is 1. The summed E-state index contributed by atoms with van der Waals surface area (Å²) in [4.78, 5) is 28.4. The van der Waals surface area contributed by atoms with Crippen LogP contribution in [0.3, 0.4) is 0 Å². The van der Waals surface area contributed by atoms with Crippen LogP contribution in [0.25, 0.3) is 10.9 Å². The first-order valence-electron chi connectivity index (χ1n) is 7.59. The SMILES string of the molecule is N#Cc1cccc(NC(=O)COC(=O)c2cc(Cl)nc3ccccc23)c1. The van der Waals surface area contributed by atoms with Crippen molar-refractivity contribution < 1.29 is 14.3 Å². The Morgan fingerprint density at radius 1 is 1.15 bits per heavy atom. The van der Waals surface area contributed by atoms with Gasteiger partial charge in [-0.3, -0.25) is 4.79 Å². The number of hydrogen-bond donors (Lipinski definition) is 1. The topological polar surface area (TPSA) is 92.1 Å². The van der Waals surface area contributed by atoms with Crippen LogP contribution < -0.4 is 5.32 Å². The van der Waals surface area contributed by atoms with Gasteiger partial charge in [-0.2, -0.15) is 5.26 Å². The molecule has 1 amide bonds. The summed E-state index contributed by atoms with van der Waals surface area (Å²) in [5, 5.41) is 12.2. The Bertz CT molecular complexity index is 1040. The number of esters is 1. The lowest BCUT2D eigenvalue weighted by Crippen LogP contribution is -2.21. The van der Waals surface area contributed by atoms with Crippen LogP contribution in [-0.2, 0) is 9.53 Å². The summed E-state index contributed by atoms with van der Waals surface area (Å²) >= 11 is 5.94. The van der Waals surface area contributed by atoms with E-state index in [4.69, 9.17) is 21.6 Å². The molecule has 1 N–H and O–H groups in total. The number of hydrogen-bond acceptors (Lipinski definition) is 5. The number of pyridine rings is 1. The molecule has 0 radical (unpaired) electrons. The molecule has 128 valence electrons. The van der Waals surface area contributed by atoms with E-state index in [-0.39, 0.29) is 10.7 Å². The van der Waals surface area contributed by atoms with E-state index in [2.05, 4.69) is 10.3 Å². The molecule has 0 aliphatic rings. The Morgan fingerprint density at radius 2 is 1.96 bits per heavy atom. The summed E-state index contributed by atoms with van der Waals surface area (Å²) in [5.41, 5.74) is 1.66. The molecule has 6 nitrogen and oxygen atoms in total. The van der Waals surface area contributed by atoms with Crippen molar-refractivity contribution in [2.75, 3.05) is 11.9 Å². The molecular formula is C19H12ClN3O3. The number of anilines is 1. The summed E-state index contributed by atoms with van der Waals surface area (Å²) < 4.78 is 5.08. The maximum Gasteiger partial charge on any atom is 0.339 e. The van der Waals surface area contributed by atoms with Crippen molar-refractivity contribution in [3.05, 3.63) is 70.9 Å². The third kappa shape index (κ3) is 3.97. The lowest BCUT2D eigenvalue weighted by Gasteiger charge is -2.09. The normalized spacial score (nSPS) is 10.2. The number of halogens is 1. The molecule has 2 aromatic carbocycles. The largest absolute Gasteiger partial charge is 0.452 e. The fourth-order valence-corrected chi connectivity index (χ4v) is 2.58. The standard InChI is InChI=1S/C19H12ClN3O3/c20-17-9-15(14-6-1-2-7-16(14)23-17)19(25)26-11-18(24)22-13-5-3-4-12(8-13)10-21/h1-9H,11H2,(H,22,24). The molecule has 0 atom stereocenters. The van der Waals surface area contributed by atoms with E-state index in [0.29, 0.717) is 22.2 Å². The van der Waals surface area contributed by atoms with Gasteiger partial charge in [0.25, 0.3) is 5.91 Å². The van der Waals surface area contributed by atoms with Gasteiger partial charge in [-0.1, -0.05) is 35.9 Å². The van der Waals surface area contributed by atoms with Gasteiger partial charge in [-0.25, -0.2) is 9.78 Å². The lowest BCUT2D eigenvalue weighted by molar-refractivity contribution is -0.119. The molecule has 0 spiro atoms. The fraction of sp³-hybridized carbons (Fsp3) is 0.0526. The van der Waals surface area contributed by atoms with E-state index in [1.807, 2.05) is 6.07 Å². The Morgan fingerprint density at radius 3 is 2.77 bits per heavy atom. The smallest absolute Gasteiger partial charge is 0.339 e. The van der Waals surface area contributed by atoms with Gasteiger partial charge < -0.3 is 10.1 Å². The lowest BCUT2D eigenvalue weighted by atomic mass is 10.1. The van der Waals surface area contributed by atoms with Gasteiger partial charge >= 0.3 is 5.97 Å². The Balaban J connectivity index is 1.69. The molecule has 26 heavy (non-hydrogen) atoms. The monoisotopic (exact) mass is 365 g/mol. The van der Waals surface area contributed by atoms with Crippen LogP contribution in [0.15, 0.2) is 54.6 Å². The van der Waals surface area contributed by atoms with Gasteiger partial charge in [-0.15, -0.1) is 0 Å². The third-order valence-corrected chi connectivity index (χ3v) is 3.71.